The lowest BCUT2D eigenvalue weighted by molar-refractivity contribution is 0.601. The van der Waals surface area contributed by atoms with Crippen molar-refractivity contribution in [1.82, 2.24) is 0 Å². The van der Waals surface area contributed by atoms with E-state index in [4.69, 9.17) is 21.4 Å². The van der Waals surface area contributed by atoms with E-state index in [1.54, 1.807) is 0 Å². The van der Waals surface area contributed by atoms with Gasteiger partial charge in [0.15, 0.2) is 0 Å². The predicted octanol–water partition coefficient (Wildman–Crippen LogP) is 2.32. The Hall–Kier alpha value is 0.480. The van der Waals surface area contributed by atoms with Crippen LogP contribution in [0, 0.1) is 0 Å². The molecule has 0 aliphatic rings. The Morgan fingerprint density at radius 1 is 1.07 bits per heavy atom. The van der Waals surface area contributed by atoms with Gasteiger partial charge in [-0.3, -0.25) is 0 Å². The van der Waals surface area contributed by atoms with E-state index in [9.17, 15) is 16.8 Å². The molecular formula is C7H16Cl2O4S2. The lowest BCUT2D eigenvalue weighted by Gasteiger charge is -1.93. The molecule has 0 N–H and O–H groups in total. The monoisotopic (exact) mass is 298 g/mol. The summed E-state index contributed by atoms with van der Waals surface area (Å²) in [5, 5.41) is -0.464. The van der Waals surface area contributed by atoms with E-state index in [-0.39, 0.29) is 5.75 Å². The third-order valence-electron chi connectivity index (χ3n) is 1.30. The number of halogens is 2. The molecule has 0 bridgehead atoms. The summed E-state index contributed by atoms with van der Waals surface area (Å²) >= 11 is 0. The third-order valence-corrected chi connectivity index (χ3v) is 4.74. The fourth-order valence-corrected chi connectivity index (χ4v) is 1.28. The van der Waals surface area contributed by atoms with Crippen molar-refractivity contribution in [1.29, 1.82) is 0 Å². The van der Waals surface area contributed by atoms with Crippen LogP contribution in [-0.2, 0) is 18.1 Å². The second-order valence-electron chi connectivity index (χ2n) is 3.12. The summed E-state index contributed by atoms with van der Waals surface area (Å²) in [6.07, 6.45) is 1.53. The second-order valence-corrected chi connectivity index (χ2v) is 9.20. The van der Waals surface area contributed by atoms with Gasteiger partial charge in [-0.25, -0.2) is 16.8 Å². The molecule has 0 rings (SSSR count). The van der Waals surface area contributed by atoms with Crippen LogP contribution in [0.15, 0.2) is 0 Å². The summed E-state index contributed by atoms with van der Waals surface area (Å²) in [6.45, 7) is 4.98. The van der Waals surface area contributed by atoms with Gasteiger partial charge in [-0.15, -0.1) is 0 Å². The van der Waals surface area contributed by atoms with E-state index in [0.29, 0.717) is 6.42 Å². The Labute approximate surface area is 101 Å². The predicted molar refractivity (Wildman–Crippen MR) is 64.5 cm³/mol. The summed E-state index contributed by atoms with van der Waals surface area (Å²) in [7, 11) is 3.24. The highest BCUT2D eigenvalue weighted by Crippen LogP contribution is 2.03. The van der Waals surface area contributed by atoms with Gasteiger partial charge in [0.05, 0.1) is 11.0 Å². The Balaban J connectivity index is 0. The molecule has 0 aliphatic carbocycles. The topological polar surface area (TPSA) is 68.3 Å². The molecule has 0 radical (unpaired) electrons. The summed E-state index contributed by atoms with van der Waals surface area (Å²) in [5.74, 6) is 0.102. The highest BCUT2D eigenvalue weighted by Gasteiger charge is 2.09. The summed E-state index contributed by atoms with van der Waals surface area (Å²) in [6, 6.07) is 0. The number of rotatable bonds is 4. The maximum atomic E-state index is 10.2. The first kappa shape index (κ1) is 17.9. The Morgan fingerprint density at radius 3 is 1.47 bits per heavy atom. The highest BCUT2D eigenvalue weighted by atomic mass is 35.7. The van der Waals surface area contributed by atoms with Crippen LogP contribution in [-0.4, -0.2) is 27.8 Å². The molecule has 0 aliphatic heterocycles. The first-order valence-corrected chi connectivity index (χ1v) is 9.21. The van der Waals surface area contributed by atoms with E-state index in [1.807, 2.05) is 6.92 Å². The average molecular weight is 299 g/mol. The molecule has 94 valence electrons. The Morgan fingerprint density at radius 2 is 1.40 bits per heavy atom. The minimum atomic E-state index is -3.27. The molecule has 0 heterocycles. The van der Waals surface area contributed by atoms with Gasteiger partial charge in [0.25, 0.3) is 0 Å². The van der Waals surface area contributed by atoms with Gasteiger partial charge >= 0.3 is 0 Å². The van der Waals surface area contributed by atoms with E-state index in [1.165, 1.54) is 13.8 Å². The van der Waals surface area contributed by atoms with Crippen molar-refractivity contribution in [3.05, 3.63) is 0 Å². The molecule has 0 fully saturated rings. The molecule has 0 aromatic carbocycles. The maximum Gasteiger partial charge on any atom is 0.234 e. The van der Waals surface area contributed by atoms with E-state index in [2.05, 4.69) is 0 Å². The van der Waals surface area contributed by atoms with Crippen LogP contribution >= 0.6 is 21.4 Å². The van der Waals surface area contributed by atoms with Crippen LogP contribution in [0.2, 0.25) is 0 Å². The molecule has 0 spiro atoms. The second kappa shape index (κ2) is 7.70. The minimum absolute atomic E-state index is 0.102. The van der Waals surface area contributed by atoms with Crippen LogP contribution in [0.5, 0.6) is 0 Å². The average Bonchev–Trinajstić information content (AvgIpc) is 1.98. The first-order chi connectivity index (χ1) is 6.50. The Bertz CT molecular complexity index is 345. The van der Waals surface area contributed by atoms with Crippen LogP contribution in [0.3, 0.4) is 0 Å². The molecular weight excluding hydrogens is 283 g/mol. The molecule has 0 saturated carbocycles. The van der Waals surface area contributed by atoms with E-state index >= 15 is 0 Å². The largest absolute Gasteiger partial charge is 0.234 e. The zero-order chi connectivity index (χ0) is 12.7. The number of unbranched alkanes of at least 4 members (excludes halogenated alkanes) is 1. The lowest BCUT2D eigenvalue weighted by Crippen LogP contribution is -2.04. The quantitative estimate of drug-likeness (QED) is 0.747. The highest BCUT2D eigenvalue weighted by molar-refractivity contribution is 8.14. The third kappa shape index (κ3) is 17.1. The normalized spacial score (nSPS) is 12.1. The van der Waals surface area contributed by atoms with Crippen molar-refractivity contribution in [3.8, 4) is 0 Å². The van der Waals surface area contributed by atoms with Gasteiger partial charge in [-0.2, -0.15) is 0 Å². The van der Waals surface area contributed by atoms with Crippen LogP contribution in [0.1, 0.15) is 33.6 Å². The van der Waals surface area contributed by atoms with E-state index < -0.39 is 23.4 Å². The van der Waals surface area contributed by atoms with Gasteiger partial charge in [0.1, 0.15) is 0 Å². The number of hydrogen-bond acceptors (Lipinski definition) is 4. The SMILES string of the molecule is CC(C)S(=O)(=O)Cl.CCCCS(=O)(=O)Cl. The smallest absolute Gasteiger partial charge is 0.212 e. The molecule has 0 atom stereocenters. The molecule has 8 heteroatoms. The van der Waals surface area contributed by atoms with Gasteiger partial charge in [-0.05, 0) is 20.3 Å². The summed E-state index contributed by atoms with van der Waals surface area (Å²) < 4.78 is 40.5. The van der Waals surface area contributed by atoms with Crippen molar-refractivity contribution in [2.45, 2.75) is 38.9 Å². The molecule has 15 heavy (non-hydrogen) atoms. The molecule has 4 nitrogen and oxygen atoms in total. The van der Waals surface area contributed by atoms with Crippen molar-refractivity contribution in [2.75, 3.05) is 5.75 Å². The Kier molecular flexibility index (Phi) is 9.17. The van der Waals surface area contributed by atoms with Gasteiger partial charge in [0.2, 0.25) is 18.1 Å². The van der Waals surface area contributed by atoms with Crippen molar-refractivity contribution in [2.24, 2.45) is 0 Å². The molecule has 0 aromatic heterocycles. The summed E-state index contributed by atoms with van der Waals surface area (Å²) in [4.78, 5) is 0. The van der Waals surface area contributed by atoms with Crippen LogP contribution in [0.4, 0.5) is 0 Å². The van der Waals surface area contributed by atoms with E-state index in [0.717, 1.165) is 6.42 Å². The lowest BCUT2D eigenvalue weighted by atomic mass is 10.4. The van der Waals surface area contributed by atoms with Crippen molar-refractivity contribution >= 4 is 39.5 Å². The van der Waals surface area contributed by atoms with Gasteiger partial charge in [-0.1, -0.05) is 13.3 Å². The standard InChI is InChI=1S/C4H9ClO2S.C3H7ClO2S/c1-2-3-4-8(5,6)7;1-3(2)7(4,5)6/h2-4H2,1H3;3H,1-2H3. The fraction of sp³-hybridized carbons (Fsp3) is 1.00. The molecule has 0 amide bonds. The zero-order valence-corrected chi connectivity index (χ0v) is 12.0. The van der Waals surface area contributed by atoms with Crippen LogP contribution in [0.25, 0.3) is 0 Å². The van der Waals surface area contributed by atoms with Gasteiger partial charge < -0.3 is 0 Å². The van der Waals surface area contributed by atoms with Crippen molar-refractivity contribution < 1.29 is 16.8 Å². The first-order valence-electron chi connectivity index (χ1n) is 4.36. The number of hydrogen-bond donors (Lipinski definition) is 0. The molecule has 0 unspecified atom stereocenters. The zero-order valence-electron chi connectivity index (χ0n) is 8.90. The fourth-order valence-electron chi connectivity index (χ4n) is 0.317. The van der Waals surface area contributed by atoms with Crippen molar-refractivity contribution in [3.63, 3.8) is 0 Å². The molecule has 0 saturated heterocycles. The summed E-state index contributed by atoms with van der Waals surface area (Å²) in [5.41, 5.74) is 0. The maximum absolute atomic E-state index is 10.2. The van der Waals surface area contributed by atoms with Gasteiger partial charge in [0, 0.05) is 21.4 Å². The molecule has 0 aromatic rings. The minimum Gasteiger partial charge on any atom is -0.212 e. The van der Waals surface area contributed by atoms with Crippen LogP contribution < -0.4 is 0 Å².